The Bertz CT molecular complexity index is 312. The van der Waals surface area contributed by atoms with E-state index in [9.17, 15) is 9.90 Å². The van der Waals surface area contributed by atoms with Crippen molar-refractivity contribution in [1.29, 1.82) is 0 Å². The molecule has 68 valence electrons. The van der Waals surface area contributed by atoms with Crippen molar-refractivity contribution >= 4 is 11.5 Å². The van der Waals surface area contributed by atoms with Crippen molar-refractivity contribution in [3.63, 3.8) is 0 Å². The monoisotopic (exact) mass is 175 g/mol. The highest BCUT2D eigenvalue weighted by atomic mass is 16.4. The van der Waals surface area contributed by atoms with Crippen LogP contribution in [0.3, 0.4) is 0 Å². The number of allylic oxidation sites excluding steroid dienone is 1. The zero-order valence-corrected chi connectivity index (χ0v) is 7.49. The minimum absolute atomic E-state index is 0.692. The molecular formula is C11H11O2-. The number of carbonyl (C=O) groups is 1. The lowest BCUT2D eigenvalue weighted by Gasteiger charge is -2.04. The summed E-state index contributed by atoms with van der Waals surface area (Å²) in [4.78, 5) is 10.4. The van der Waals surface area contributed by atoms with E-state index in [4.69, 9.17) is 0 Å². The molecule has 2 nitrogen and oxygen atoms in total. The number of carboxylic acid groups (broad SMARTS) is 1. The van der Waals surface area contributed by atoms with Crippen molar-refractivity contribution < 1.29 is 9.90 Å². The second-order valence-electron chi connectivity index (χ2n) is 2.71. The van der Waals surface area contributed by atoms with Crippen LogP contribution < -0.4 is 5.11 Å². The van der Waals surface area contributed by atoms with Gasteiger partial charge in [0.1, 0.15) is 0 Å². The fourth-order valence-electron chi connectivity index (χ4n) is 1.18. The predicted molar refractivity (Wildman–Crippen MR) is 49.7 cm³/mol. The van der Waals surface area contributed by atoms with Crippen LogP contribution in [0.25, 0.3) is 5.57 Å². The molecule has 0 N–H and O–H groups in total. The Labute approximate surface area is 77.5 Å². The van der Waals surface area contributed by atoms with E-state index in [1.807, 2.05) is 37.3 Å². The Kier molecular flexibility index (Phi) is 3.26. The molecule has 13 heavy (non-hydrogen) atoms. The molecule has 0 radical (unpaired) electrons. The lowest BCUT2D eigenvalue weighted by atomic mass is 10.0. The zero-order chi connectivity index (χ0) is 9.68. The van der Waals surface area contributed by atoms with Crippen LogP contribution in [-0.4, -0.2) is 5.97 Å². The molecule has 1 aromatic carbocycles. The first kappa shape index (κ1) is 9.52. The van der Waals surface area contributed by atoms with Gasteiger partial charge in [0.25, 0.3) is 0 Å². The van der Waals surface area contributed by atoms with Gasteiger partial charge in [0.15, 0.2) is 0 Å². The third-order valence-electron chi connectivity index (χ3n) is 1.82. The molecule has 0 aliphatic rings. The molecule has 2 heteroatoms. The maximum Gasteiger partial charge on any atom is 0.0645 e. The van der Waals surface area contributed by atoms with E-state index in [1.165, 1.54) is 0 Å². The fourth-order valence-corrected chi connectivity index (χ4v) is 1.18. The molecule has 0 aliphatic heterocycles. The summed E-state index contributed by atoms with van der Waals surface area (Å²) in [6.07, 6.45) is 1.84. The third kappa shape index (κ3) is 2.75. The first-order valence-electron chi connectivity index (χ1n) is 4.21. The van der Waals surface area contributed by atoms with Gasteiger partial charge in [-0.1, -0.05) is 37.3 Å². The standard InChI is InChI=1S/C11H12O2/c1-2-9(8-11(12)13)10-6-4-3-5-7-10/h3-8H,2H2,1H3,(H,12,13)/p-1/b9-8-. The Morgan fingerprint density at radius 1 is 1.38 bits per heavy atom. The van der Waals surface area contributed by atoms with Crippen LogP contribution in [0.5, 0.6) is 0 Å². The van der Waals surface area contributed by atoms with Gasteiger partial charge in [-0.2, -0.15) is 0 Å². The molecule has 0 saturated carbocycles. The molecule has 0 aliphatic carbocycles. The first-order chi connectivity index (χ1) is 6.24. The van der Waals surface area contributed by atoms with Crippen molar-refractivity contribution in [2.75, 3.05) is 0 Å². The number of carboxylic acids is 1. The maximum absolute atomic E-state index is 10.4. The lowest BCUT2D eigenvalue weighted by Crippen LogP contribution is -2.19. The summed E-state index contributed by atoms with van der Waals surface area (Å²) in [5.74, 6) is -1.14. The number of carbonyl (C=O) groups excluding carboxylic acids is 1. The Morgan fingerprint density at radius 2 is 2.00 bits per heavy atom. The molecule has 0 atom stereocenters. The summed E-state index contributed by atoms with van der Waals surface area (Å²) in [5.41, 5.74) is 1.73. The summed E-state index contributed by atoms with van der Waals surface area (Å²) < 4.78 is 0. The molecule has 0 fully saturated rings. The maximum atomic E-state index is 10.4. The van der Waals surface area contributed by atoms with E-state index in [0.29, 0.717) is 6.42 Å². The van der Waals surface area contributed by atoms with E-state index >= 15 is 0 Å². The van der Waals surface area contributed by atoms with E-state index in [0.717, 1.165) is 17.2 Å². The number of rotatable bonds is 3. The number of aliphatic carboxylic acids is 1. The van der Waals surface area contributed by atoms with Gasteiger partial charge in [-0.25, -0.2) is 0 Å². The van der Waals surface area contributed by atoms with Crippen molar-refractivity contribution in [2.24, 2.45) is 0 Å². The van der Waals surface area contributed by atoms with Crippen LogP contribution in [0, 0.1) is 0 Å². The Morgan fingerprint density at radius 3 is 2.46 bits per heavy atom. The second kappa shape index (κ2) is 4.45. The van der Waals surface area contributed by atoms with Gasteiger partial charge in [-0.15, -0.1) is 0 Å². The third-order valence-corrected chi connectivity index (χ3v) is 1.82. The smallest absolute Gasteiger partial charge is 0.0645 e. The van der Waals surface area contributed by atoms with Crippen LogP contribution in [0.2, 0.25) is 0 Å². The highest BCUT2D eigenvalue weighted by Gasteiger charge is 1.96. The van der Waals surface area contributed by atoms with Crippen molar-refractivity contribution in [2.45, 2.75) is 13.3 Å². The summed E-state index contributed by atoms with van der Waals surface area (Å²) in [5, 5.41) is 10.4. The van der Waals surface area contributed by atoms with Gasteiger partial charge in [0, 0.05) is 0 Å². The summed E-state index contributed by atoms with van der Waals surface area (Å²) >= 11 is 0. The van der Waals surface area contributed by atoms with Crippen LogP contribution in [0.4, 0.5) is 0 Å². The van der Waals surface area contributed by atoms with E-state index in [-0.39, 0.29) is 0 Å². The quantitative estimate of drug-likeness (QED) is 0.648. The van der Waals surface area contributed by atoms with Gasteiger partial charge < -0.3 is 9.90 Å². The van der Waals surface area contributed by atoms with Gasteiger partial charge >= 0.3 is 0 Å². The fraction of sp³-hybridized carbons (Fsp3) is 0.182. The topological polar surface area (TPSA) is 40.1 Å². The molecule has 0 spiro atoms. The zero-order valence-electron chi connectivity index (χ0n) is 7.49. The average Bonchev–Trinajstić information content (AvgIpc) is 2.15. The van der Waals surface area contributed by atoms with Crippen LogP contribution in [0.1, 0.15) is 18.9 Å². The van der Waals surface area contributed by atoms with Crippen LogP contribution in [-0.2, 0) is 4.79 Å². The van der Waals surface area contributed by atoms with Crippen molar-refractivity contribution in [3.8, 4) is 0 Å². The van der Waals surface area contributed by atoms with Gasteiger partial charge in [-0.3, -0.25) is 0 Å². The average molecular weight is 175 g/mol. The summed E-state index contributed by atoms with van der Waals surface area (Å²) in [6.45, 7) is 1.92. The van der Waals surface area contributed by atoms with E-state index in [2.05, 4.69) is 0 Å². The lowest BCUT2D eigenvalue weighted by molar-refractivity contribution is -0.297. The van der Waals surface area contributed by atoms with E-state index in [1.54, 1.807) is 0 Å². The summed E-state index contributed by atoms with van der Waals surface area (Å²) in [6, 6.07) is 9.44. The van der Waals surface area contributed by atoms with Gasteiger partial charge in [0.2, 0.25) is 0 Å². The normalized spacial score (nSPS) is 11.3. The van der Waals surface area contributed by atoms with Gasteiger partial charge in [-0.05, 0) is 23.6 Å². The molecular weight excluding hydrogens is 164 g/mol. The highest BCUT2D eigenvalue weighted by molar-refractivity contribution is 5.88. The summed E-state index contributed by atoms with van der Waals surface area (Å²) in [7, 11) is 0. The number of hydrogen-bond donors (Lipinski definition) is 0. The number of hydrogen-bond acceptors (Lipinski definition) is 2. The molecule has 0 bridgehead atoms. The van der Waals surface area contributed by atoms with Crippen molar-refractivity contribution in [3.05, 3.63) is 42.0 Å². The minimum atomic E-state index is -1.14. The molecule has 0 saturated heterocycles. The Hall–Kier alpha value is -1.57. The largest absolute Gasteiger partial charge is 0.545 e. The molecule has 0 aromatic heterocycles. The molecule has 0 unspecified atom stereocenters. The minimum Gasteiger partial charge on any atom is -0.545 e. The van der Waals surface area contributed by atoms with Crippen LogP contribution in [0.15, 0.2) is 36.4 Å². The number of benzene rings is 1. The Balaban J connectivity index is 2.98. The van der Waals surface area contributed by atoms with E-state index < -0.39 is 5.97 Å². The molecule has 1 aromatic rings. The second-order valence-corrected chi connectivity index (χ2v) is 2.71. The molecule has 0 heterocycles. The molecule has 1 rings (SSSR count). The van der Waals surface area contributed by atoms with Crippen LogP contribution >= 0.6 is 0 Å². The first-order valence-corrected chi connectivity index (χ1v) is 4.21. The highest BCUT2D eigenvalue weighted by Crippen LogP contribution is 2.16. The predicted octanol–water partition coefficient (Wildman–Crippen LogP) is 1.23. The molecule has 0 amide bonds. The van der Waals surface area contributed by atoms with Gasteiger partial charge in [0.05, 0.1) is 5.97 Å². The SMILES string of the molecule is CC/C(=C/C(=O)[O-])c1ccccc1. The van der Waals surface area contributed by atoms with Crippen molar-refractivity contribution in [1.82, 2.24) is 0 Å².